The van der Waals surface area contributed by atoms with Gasteiger partial charge in [-0.15, -0.1) is 0 Å². The van der Waals surface area contributed by atoms with Crippen LogP contribution >= 0.6 is 0 Å². The summed E-state index contributed by atoms with van der Waals surface area (Å²) in [5.74, 6) is -2.16. The summed E-state index contributed by atoms with van der Waals surface area (Å²) in [6.07, 6.45) is 7.16. The molecule has 7 nitrogen and oxygen atoms in total. The van der Waals surface area contributed by atoms with Crippen molar-refractivity contribution in [3.63, 3.8) is 0 Å². The molecule has 3 fully saturated rings. The number of benzene rings is 2. The van der Waals surface area contributed by atoms with E-state index in [4.69, 9.17) is 4.74 Å². The third-order valence-electron chi connectivity index (χ3n) is 9.48. The van der Waals surface area contributed by atoms with Gasteiger partial charge >= 0.3 is 0 Å². The third kappa shape index (κ3) is 4.86. The Hall–Kier alpha value is -3.52. The first-order valence-electron chi connectivity index (χ1n) is 14.8. The summed E-state index contributed by atoms with van der Waals surface area (Å²) < 4.78 is 20.1. The molecule has 1 saturated carbocycles. The van der Waals surface area contributed by atoms with E-state index in [2.05, 4.69) is 31.4 Å². The number of amides is 3. The average Bonchev–Trinajstić information content (AvgIpc) is 3.59. The normalized spacial score (nSPS) is 31.9. The van der Waals surface area contributed by atoms with Crippen LogP contribution in [0, 0.1) is 23.6 Å². The number of likely N-dealkylation sites (tertiary alicyclic amines) is 1. The molecule has 3 aliphatic heterocycles. The van der Waals surface area contributed by atoms with Crippen LogP contribution in [0.2, 0.25) is 0 Å². The first-order valence-corrected chi connectivity index (χ1v) is 14.8. The van der Waals surface area contributed by atoms with Gasteiger partial charge in [-0.05, 0) is 60.1 Å². The molecule has 2 N–H and O–H groups in total. The Kier molecular flexibility index (Phi) is 7.22. The van der Waals surface area contributed by atoms with Crippen LogP contribution in [-0.4, -0.2) is 46.4 Å². The van der Waals surface area contributed by atoms with Gasteiger partial charge in [0.15, 0.2) is 0 Å². The lowest BCUT2D eigenvalue weighted by Crippen LogP contribution is -2.57. The van der Waals surface area contributed by atoms with Crippen LogP contribution in [0.3, 0.4) is 0 Å². The maximum atomic E-state index is 14.2. The lowest BCUT2D eigenvalue weighted by Gasteiger charge is -2.36. The second-order valence-corrected chi connectivity index (χ2v) is 12.4. The van der Waals surface area contributed by atoms with E-state index in [-0.39, 0.29) is 36.1 Å². The predicted octanol–water partition coefficient (Wildman–Crippen LogP) is 4.93. The standard InChI is InChI=1S/C33H38FN3O4/c1-19(2)22-10-14-24(15-11-22)35-30(38)27-26-16-17-33(41-26)28(27)32(40)37(18-21-8-12-23(34)13-9-21)29(33)31(39)36-25-7-5-4-6-20(25)3/h8-17,19-20,25-29H,4-7,18H2,1-3H3,(H,35,38)(H,36,39)/t20-,25-,26-,27+,28-,29-,33-/m0/s1. The molecular formula is C33H38FN3O4. The number of carbonyl (C=O) groups is 3. The topological polar surface area (TPSA) is 87.7 Å². The molecule has 2 saturated heterocycles. The number of carbonyl (C=O) groups excluding carboxylic acids is 3. The molecule has 7 atom stereocenters. The number of halogens is 1. The van der Waals surface area contributed by atoms with Crippen molar-refractivity contribution in [2.75, 3.05) is 5.32 Å². The minimum Gasteiger partial charge on any atom is -0.359 e. The van der Waals surface area contributed by atoms with Crippen LogP contribution in [-0.2, 0) is 25.7 Å². The van der Waals surface area contributed by atoms with E-state index >= 15 is 0 Å². The quantitative estimate of drug-likeness (QED) is 0.471. The average molecular weight is 560 g/mol. The molecule has 2 bridgehead atoms. The number of nitrogens with one attached hydrogen (secondary N) is 2. The number of anilines is 1. The van der Waals surface area contributed by atoms with Gasteiger partial charge in [0.05, 0.1) is 17.9 Å². The fourth-order valence-corrected chi connectivity index (χ4v) is 7.19. The minimum atomic E-state index is -1.24. The summed E-state index contributed by atoms with van der Waals surface area (Å²) in [6.45, 7) is 6.48. The summed E-state index contributed by atoms with van der Waals surface area (Å²) >= 11 is 0. The Bertz CT molecular complexity index is 1360. The highest BCUT2D eigenvalue weighted by molar-refractivity contribution is 6.02. The van der Waals surface area contributed by atoms with Gasteiger partial charge in [0, 0.05) is 18.3 Å². The van der Waals surface area contributed by atoms with Crippen LogP contribution in [0.1, 0.15) is 63.5 Å². The van der Waals surface area contributed by atoms with Gasteiger partial charge < -0.3 is 20.3 Å². The summed E-state index contributed by atoms with van der Waals surface area (Å²) in [4.78, 5) is 43.5. The molecule has 1 spiro atoms. The Labute approximate surface area is 240 Å². The second-order valence-electron chi connectivity index (χ2n) is 12.4. The van der Waals surface area contributed by atoms with Crippen LogP contribution < -0.4 is 10.6 Å². The van der Waals surface area contributed by atoms with Gasteiger partial charge in [0.25, 0.3) is 0 Å². The largest absolute Gasteiger partial charge is 0.359 e. The summed E-state index contributed by atoms with van der Waals surface area (Å²) in [6, 6.07) is 12.7. The van der Waals surface area contributed by atoms with E-state index in [0.717, 1.165) is 31.2 Å². The van der Waals surface area contributed by atoms with E-state index < -0.39 is 29.6 Å². The number of hydrogen-bond donors (Lipinski definition) is 2. The number of rotatable bonds is 7. The molecule has 3 heterocycles. The molecule has 6 rings (SSSR count). The molecule has 8 heteroatoms. The van der Waals surface area contributed by atoms with E-state index in [9.17, 15) is 18.8 Å². The second kappa shape index (κ2) is 10.7. The van der Waals surface area contributed by atoms with E-state index in [0.29, 0.717) is 23.1 Å². The number of hydrogen-bond acceptors (Lipinski definition) is 4. The molecule has 41 heavy (non-hydrogen) atoms. The van der Waals surface area contributed by atoms with Gasteiger partial charge in [-0.1, -0.05) is 70.0 Å². The maximum Gasteiger partial charge on any atom is 0.246 e. The smallest absolute Gasteiger partial charge is 0.246 e. The molecule has 3 amide bonds. The minimum absolute atomic E-state index is 0.0185. The Morgan fingerprint density at radius 3 is 2.44 bits per heavy atom. The van der Waals surface area contributed by atoms with Crippen molar-refractivity contribution in [2.45, 2.75) is 82.7 Å². The molecule has 2 aromatic carbocycles. The summed E-state index contributed by atoms with van der Waals surface area (Å²) in [5.41, 5.74) is 1.27. The lowest BCUT2D eigenvalue weighted by molar-refractivity contribution is -0.142. The number of nitrogens with zero attached hydrogens (tertiary/aromatic N) is 1. The van der Waals surface area contributed by atoms with Crippen molar-refractivity contribution in [2.24, 2.45) is 17.8 Å². The molecule has 1 aliphatic carbocycles. The van der Waals surface area contributed by atoms with Crippen LogP contribution in [0.5, 0.6) is 0 Å². The van der Waals surface area contributed by atoms with Crippen molar-refractivity contribution < 1.29 is 23.5 Å². The monoisotopic (exact) mass is 559 g/mol. The van der Waals surface area contributed by atoms with Gasteiger partial charge in [-0.3, -0.25) is 14.4 Å². The zero-order valence-corrected chi connectivity index (χ0v) is 23.8. The zero-order chi connectivity index (χ0) is 28.9. The molecule has 2 aromatic rings. The van der Waals surface area contributed by atoms with Crippen molar-refractivity contribution >= 4 is 23.4 Å². The Morgan fingerprint density at radius 1 is 1.05 bits per heavy atom. The lowest BCUT2D eigenvalue weighted by atomic mass is 9.74. The van der Waals surface area contributed by atoms with E-state index in [1.54, 1.807) is 12.1 Å². The van der Waals surface area contributed by atoms with E-state index in [1.165, 1.54) is 17.0 Å². The first kappa shape index (κ1) is 27.6. The molecule has 216 valence electrons. The molecular weight excluding hydrogens is 521 g/mol. The first-order chi connectivity index (χ1) is 19.7. The highest BCUT2D eigenvalue weighted by Crippen LogP contribution is 2.55. The highest BCUT2D eigenvalue weighted by Gasteiger charge is 2.72. The molecule has 0 unspecified atom stereocenters. The summed E-state index contributed by atoms with van der Waals surface area (Å²) in [5, 5.41) is 6.22. The van der Waals surface area contributed by atoms with Gasteiger partial charge in [0.2, 0.25) is 17.7 Å². The van der Waals surface area contributed by atoms with Crippen molar-refractivity contribution in [1.82, 2.24) is 10.2 Å². The fraction of sp³-hybridized carbons (Fsp3) is 0.485. The van der Waals surface area contributed by atoms with Crippen molar-refractivity contribution in [3.05, 3.63) is 77.6 Å². The number of ether oxygens (including phenoxy) is 1. The molecule has 0 radical (unpaired) electrons. The van der Waals surface area contributed by atoms with Crippen molar-refractivity contribution in [1.29, 1.82) is 0 Å². The zero-order valence-electron chi connectivity index (χ0n) is 23.8. The number of fused-ring (bicyclic) bond motifs is 1. The van der Waals surface area contributed by atoms with Crippen LogP contribution in [0.15, 0.2) is 60.7 Å². The molecule has 0 aromatic heterocycles. The van der Waals surface area contributed by atoms with Crippen LogP contribution in [0.25, 0.3) is 0 Å². The Morgan fingerprint density at radius 2 is 1.76 bits per heavy atom. The van der Waals surface area contributed by atoms with Gasteiger partial charge in [-0.2, -0.15) is 0 Å². The van der Waals surface area contributed by atoms with Gasteiger partial charge in [-0.25, -0.2) is 4.39 Å². The van der Waals surface area contributed by atoms with Gasteiger partial charge in [0.1, 0.15) is 17.5 Å². The van der Waals surface area contributed by atoms with E-state index in [1.807, 2.05) is 36.4 Å². The molecule has 4 aliphatic rings. The highest BCUT2D eigenvalue weighted by atomic mass is 19.1. The maximum absolute atomic E-state index is 14.2. The third-order valence-corrected chi connectivity index (χ3v) is 9.48. The fourth-order valence-electron chi connectivity index (χ4n) is 7.19. The summed E-state index contributed by atoms with van der Waals surface area (Å²) in [7, 11) is 0. The van der Waals surface area contributed by atoms with Crippen LogP contribution in [0.4, 0.5) is 10.1 Å². The Balaban J connectivity index is 1.30. The SMILES string of the molecule is CC(C)c1ccc(NC(=O)[C@@H]2[C@@H]3C=C[C@]4(O3)[C@@H]2C(=O)N(Cc2ccc(F)cc2)[C@H]4C(=O)N[C@H]2CCCC[C@@H]2C)cc1. The predicted molar refractivity (Wildman–Crippen MR) is 153 cm³/mol. The van der Waals surface area contributed by atoms with Crippen molar-refractivity contribution in [3.8, 4) is 0 Å².